The third-order valence-electron chi connectivity index (χ3n) is 2.96. The number of hydrogen-bond donors (Lipinski definition) is 0. The molecule has 0 radical (unpaired) electrons. The zero-order valence-corrected chi connectivity index (χ0v) is 11.6. The van der Waals surface area contributed by atoms with Crippen LogP contribution in [0.1, 0.15) is 39.0 Å². The number of carbonyl (C=O) groups is 2. The van der Waals surface area contributed by atoms with Gasteiger partial charge in [-0.05, 0) is 38.3 Å². The molecule has 19 heavy (non-hydrogen) atoms. The van der Waals surface area contributed by atoms with Crippen molar-refractivity contribution in [1.82, 2.24) is 0 Å². The van der Waals surface area contributed by atoms with Crippen molar-refractivity contribution in [3.05, 3.63) is 24.3 Å². The number of rotatable bonds is 1. The molecule has 1 aliphatic heterocycles. The number of cyclic esters (lactones) is 1. The standard InChI is InChI=1S/C15H22O4/c1-12-6-4-3-5-7-14(18-2)10-8-13(16)9-11-15(17)19-12/h5,7-8,10,12,14H,3-4,6,9,11H2,1-2H3. The van der Waals surface area contributed by atoms with Gasteiger partial charge in [-0.2, -0.15) is 0 Å². The van der Waals surface area contributed by atoms with Gasteiger partial charge in [0.2, 0.25) is 0 Å². The van der Waals surface area contributed by atoms with Crippen LogP contribution in [0.4, 0.5) is 0 Å². The predicted octanol–water partition coefficient (Wildman–Crippen LogP) is 2.58. The SMILES string of the molecule is COC1C=CCCCC(C)OC(=O)CCC(=O)C=C1. The molecule has 0 aromatic heterocycles. The highest BCUT2D eigenvalue weighted by atomic mass is 16.5. The maximum absolute atomic E-state index is 11.6. The van der Waals surface area contributed by atoms with Gasteiger partial charge in [-0.3, -0.25) is 9.59 Å². The molecule has 1 heterocycles. The van der Waals surface area contributed by atoms with Crippen LogP contribution in [0.25, 0.3) is 0 Å². The molecular formula is C15H22O4. The lowest BCUT2D eigenvalue weighted by Crippen LogP contribution is -2.15. The van der Waals surface area contributed by atoms with Gasteiger partial charge < -0.3 is 9.47 Å². The molecule has 0 spiro atoms. The predicted molar refractivity (Wildman–Crippen MR) is 72.7 cm³/mol. The molecule has 0 saturated carbocycles. The Bertz CT molecular complexity index is 357. The Labute approximate surface area is 114 Å². The summed E-state index contributed by atoms with van der Waals surface area (Å²) in [5.74, 6) is -0.387. The van der Waals surface area contributed by atoms with E-state index in [4.69, 9.17) is 9.47 Å². The number of carbonyl (C=O) groups excluding carboxylic acids is 2. The van der Waals surface area contributed by atoms with Crippen LogP contribution in [-0.2, 0) is 19.1 Å². The van der Waals surface area contributed by atoms with Crippen LogP contribution >= 0.6 is 0 Å². The molecule has 0 aliphatic carbocycles. The van der Waals surface area contributed by atoms with E-state index >= 15 is 0 Å². The summed E-state index contributed by atoms with van der Waals surface area (Å²) in [6, 6.07) is 0. The van der Waals surface area contributed by atoms with Crippen molar-refractivity contribution < 1.29 is 19.1 Å². The summed E-state index contributed by atoms with van der Waals surface area (Å²) < 4.78 is 10.4. The molecule has 0 aromatic carbocycles. The lowest BCUT2D eigenvalue weighted by molar-refractivity contribution is -0.149. The van der Waals surface area contributed by atoms with Crippen LogP contribution in [-0.4, -0.2) is 31.1 Å². The monoisotopic (exact) mass is 266 g/mol. The minimum atomic E-state index is -0.301. The number of ketones is 1. The summed E-state index contributed by atoms with van der Waals surface area (Å²) in [4.78, 5) is 23.1. The summed E-state index contributed by atoms with van der Waals surface area (Å²) in [6.07, 6.45) is 9.90. The second-order valence-electron chi connectivity index (χ2n) is 4.69. The Balaban J connectivity index is 2.65. The van der Waals surface area contributed by atoms with E-state index in [0.29, 0.717) is 0 Å². The number of methoxy groups -OCH3 is 1. The Kier molecular flexibility index (Phi) is 7.11. The number of allylic oxidation sites excluding steroid dienone is 2. The van der Waals surface area contributed by atoms with Crippen molar-refractivity contribution in [3.63, 3.8) is 0 Å². The zero-order valence-electron chi connectivity index (χ0n) is 11.6. The van der Waals surface area contributed by atoms with Crippen molar-refractivity contribution in [2.75, 3.05) is 7.11 Å². The van der Waals surface area contributed by atoms with Gasteiger partial charge in [0.15, 0.2) is 5.78 Å². The molecule has 2 atom stereocenters. The number of ether oxygens (including phenoxy) is 2. The fourth-order valence-electron chi connectivity index (χ4n) is 1.83. The van der Waals surface area contributed by atoms with Gasteiger partial charge in [-0.25, -0.2) is 0 Å². The van der Waals surface area contributed by atoms with E-state index in [-0.39, 0.29) is 36.8 Å². The quantitative estimate of drug-likeness (QED) is 0.540. The van der Waals surface area contributed by atoms with E-state index in [0.717, 1.165) is 19.3 Å². The van der Waals surface area contributed by atoms with Gasteiger partial charge in [0, 0.05) is 13.5 Å². The topological polar surface area (TPSA) is 52.6 Å². The summed E-state index contributed by atoms with van der Waals surface area (Å²) in [5.41, 5.74) is 0. The minimum Gasteiger partial charge on any atom is -0.463 e. The second kappa shape index (κ2) is 8.64. The fraction of sp³-hybridized carbons (Fsp3) is 0.600. The highest BCUT2D eigenvalue weighted by Crippen LogP contribution is 2.09. The van der Waals surface area contributed by atoms with Crippen LogP contribution in [0, 0.1) is 0 Å². The van der Waals surface area contributed by atoms with Crippen LogP contribution in [0.2, 0.25) is 0 Å². The molecule has 0 amide bonds. The van der Waals surface area contributed by atoms with Crippen molar-refractivity contribution >= 4 is 11.8 Å². The van der Waals surface area contributed by atoms with Crippen LogP contribution < -0.4 is 0 Å². The first-order valence-electron chi connectivity index (χ1n) is 6.71. The molecule has 0 bridgehead atoms. The van der Waals surface area contributed by atoms with Crippen LogP contribution in [0.3, 0.4) is 0 Å². The maximum atomic E-state index is 11.6. The average Bonchev–Trinajstić information content (AvgIpc) is 2.38. The number of esters is 1. The van der Waals surface area contributed by atoms with Crippen molar-refractivity contribution in [3.8, 4) is 0 Å². The van der Waals surface area contributed by atoms with Gasteiger partial charge >= 0.3 is 5.97 Å². The van der Waals surface area contributed by atoms with Crippen LogP contribution in [0.5, 0.6) is 0 Å². The summed E-state index contributed by atoms with van der Waals surface area (Å²) in [7, 11) is 1.60. The lowest BCUT2D eigenvalue weighted by Gasteiger charge is -2.13. The largest absolute Gasteiger partial charge is 0.463 e. The summed E-state index contributed by atoms with van der Waals surface area (Å²) >= 11 is 0. The second-order valence-corrected chi connectivity index (χ2v) is 4.69. The smallest absolute Gasteiger partial charge is 0.306 e. The molecule has 0 aromatic rings. The molecule has 0 N–H and O–H groups in total. The Morgan fingerprint density at radius 3 is 2.79 bits per heavy atom. The van der Waals surface area contributed by atoms with E-state index in [1.807, 2.05) is 19.1 Å². The molecule has 106 valence electrons. The van der Waals surface area contributed by atoms with Crippen LogP contribution in [0.15, 0.2) is 24.3 Å². The first-order valence-corrected chi connectivity index (χ1v) is 6.71. The highest BCUT2D eigenvalue weighted by molar-refractivity contribution is 5.91. The molecule has 4 nitrogen and oxygen atoms in total. The molecule has 0 saturated heterocycles. The van der Waals surface area contributed by atoms with E-state index in [9.17, 15) is 9.59 Å². The van der Waals surface area contributed by atoms with E-state index < -0.39 is 0 Å². The van der Waals surface area contributed by atoms with Gasteiger partial charge in [-0.15, -0.1) is 0 Å². The third kappa shape index (κ3) is 6.91. The third-order valence-corrected chi connectivity index (χ3v) is 2.96. The molecule has 1 aliphatic rings. The van der Waals surface area contributed by atoms with E-state index in [1.54, 1.807) is 13.2 Å². The summed E-state index contributed by atoms with van der Waals surface area (Å²) in [6.45, 7) is 1.88. The molecule has 1 rings (SSSR count). The van der Waals surface area contributed by atoms with Crippen molar-refractivity contribution in [2.24, 2.45) is 0 Å². The minimum absolute atomic E-state index is 0.0860. The summed E-state index contributed by atoms with van der Waals surface area (Å²) in [5, 5.41) is 0. The fourth-order valence-corrected chi connectivity index (χ4v) is 1.83. The molecule has 2 unspecified atom stereocenters. The van der Waals surface area contributed by atoms with E-state index in [2.05, 4.69) is 0 Å². The van der Waals surface area contributed by atoms with Gasteiger partial charge in [0.1, 0.15) is 0 Å². The first-order chi connectivity index (χ1) is 9.11. The van der Waals surface area contributed by atoms with Crippen molar-refractivity contribution in [2.45, 2.75) is 51.2 Å². The average molecular weight is 266 g/mol. The molecular weight excluding hydrogens is 244 g/mol. The normalized spacial score (nSPS) is 26.8. The van der Waals surface area contributed by atoms with E-state index in [1.165, 1.54) is 6.08 Å². The first kappa shape index (κ1) is 15.6. The van der Waals surface area contributed by atoms with Gasteiger partial charge in [-0.1, -0.05) is 12.2 Å². The van der Waals surface area contributed by atoms with Gasteiger partial charge in [0.05, 0.1) is 18.6 Å². The van der Waals surface area contributed by atoms with Gasteiger partial charge in [0.25, 0.3) is 0 Å². The Hall–Kier alpha value is -1.42. The lowest BCUT2D eigenvalue weighted by atomic mass is 10.1. The molecule has 4 heteroatoms. The highest BCUT2D eigenvalue weighted by Gasteiger charge is 2.11. The zero-order chi connectivity index (χ0) is 14.1. The maximum Gasteiger partial charge on any atom is 0.306 e. The number of hydrogen-bond acceptors (Lipinski definition) is 4. The van der Waals surface area contributed by atoms with Crippen molar-refractivity contribution in [1.29, 1.82) is 0 Å². The Morgan fingerprint density at radius 1 is 1.26 bits per heavy atom. The molecule has 0 fully saturated rings. The Morgan fingerprint density at radius 2 is 2.05 bits per heavy atom.